The van der Waals surface area contributed by atoms with Crippen LogP contribution in [-0.4, -0.2) is 25.4 Å². The maximum atomic E-state index is 9.45. The Labute approximate surface area is 101 Å². The molecule has 1 atom stereocenters. The molecule has 1 aromatic carbocycles. The zero-order valence-electron chi connectivity index (χ0n) is 10.0. The molecule has 1 rings (SSSR count). The number of aliphatic hydroxyl groups excluding tert-OH is 1. The number of ether oxygens (including phenoxy) is 2. The number of benzene rings is 1. The summed E-state index contributed by atoms with van der Waals surface area (Å²) in [6.45, 7) is 3.67. The normalized spacial score (nSPS) is 12.4. The second kappa shape index (κ2) is 5.41. The molecule has 0 fully saturated rings. The van der Waals surface area contributed by atoms with E-state index in [1.807, 2.05) is 13.0 Å². The molecule has 0 amide bonds. The van der Waals surface area contributed by atoms with Crippen molar-refractivity contribution in [2.75, 3.05) is 14.2 Å². The smallest absolute Gasteiger partial charge is 0.179 e. The Morgan fingerprint density at radius 3 is 2.31 bits per heavy atom. The first-order valence-corrected chi connectivity index (χ1v) is 5.47. The molecule has 0 heterocycles. The number of aryl methyl sites for hydroxylation is 1. The van der Waals surface area contributed by atoms with Gasteiger partial charge in [0.2, 0.25) is 0 Å². The van der Waals surface area contributed by atoms with E-state index in [-0.39, 0.29) is 0 Å². The molecule has 0 aromatic heterocycles. The zero-order valence-corrected chi connectivity index (χ0v) is 10.8. The SMILES string of the molecule is COc1c(Cl)cc(C)c(CC(C)O)c1OC. The van der Waals surface area contributed by atoms with E-state index >= 15 is 0 Å². The highest BCUT2D eigenvalue weighted by Crippen LogP contribution is 2.40. The van der Waals surface area contributed by atoms with Crippen molar-refractivity contribution in [3.8, 4) is 11.5 Å². The zero-order chi connectivity index (χ0) is 12.3. The van der Waals surface area contributed by atoms with Crippen LogP contribution in [0.4, 0.5) is 0 Å². The van der Waals surface area contributed by atoms with Gasteiger partial charge in [-0.15, -0.1) is 0 Å². The van der Waals surface area contributed by atoms with E-state index in [2.05, 4.69) is 0 Å². The molecule has 0 saturated carbocycles. The number of rotatable bonds is 4. The van der Waals surface area contributed by atoms with Crippen LogP contribution in [0.5, 0.6) is 11.5 Å². The number of halogens is 1. The Morgan fingerprint density at radius 2 is 1.88 bits per heavy atom. The minimum absolute atomic E-state index is 0.432. The molecule has 0 saturated heterocycles. The molecule has 90 valence electrons. The van der Waals surface area contributed by atoms with E-state index in [1.165, 1.54) is 0 Å². The number of methoxy groups -OCH3 is 2. The molecule has 3 nitrogen and oxygen atoms in total. The molecule has 1 N–H and O–H groups in total. The third-order valence-electron chi connectivity index (χ3n) is 2.42. The van der Waals surface area contributed by atoms with E-state index in [0.29, 0.717) is 22.9 Å². The summed E-state index contributed by atoms with van der Waals surface area (Å²) in [7, 11) is 3.12. The largest absolute Gasteiger partial charge is 0.493 e. The summed E-state index contributed by atoms with van der Waals surface area (Å²) in [5, 5.41) is 9.97. The number of hydrogen-bond donors (Lipinski definition) is 1. The lowest BCUT2D eigenvalue weighted by atomic mass is 10.0. The van der Waals surface area contributed by atoms with Crippen LogP contribution in [0.25, 0.3) is 0 Å². The van der Waals surface area contributed by atoms with E-state index in [0.717, 1.165) is 11.1 Å². The van der Waals surface area contributed by atoms with Crippen LogP contribution in [0, 0.1) is 6.92 Å². The van der Waals surface area contributed by atoms with Gasteiger partial charge < -0.3 is 14.6 Å². The molecule has 0 spiro atoms. The van der Waals surface area contributed by atoms with Gasteiger partial charge in [-0.25, -0.2) is 0 Å². The van der Waals surface area contributed by atoms with Crippen LogP contribution in [0.3, 0.4) is 0 Å². The number of hydrogen-bond acceptors (Lipinski definition) is 3. The molecule has 1 unspecified atom stereocenters. The van der Waals surface area contributed by atoms with Crippen molar-refractivity contribution >= 4 is 11.6 Å². The van der Waals surface area contributed by atoms with Crippen molar-refractivity contribution in [2.45, 2.75) is 26.4 Å². The fourth-order valence-electron chi connectivity index (χ4n) is 1.72. The second-order valence-electron chi connectivity index (χ2n) is 3.77. The lowest BCUT2D eigenvalue weighted by Crippen LogP contribution is -2.08. The van der Waals surface area contributed by atoms with E-state index in [1.54, 1.807) is 21.1 Å². The summed E-state index contributed by atoms with van der Waals surface area (Å²) in [6.07, 6.45) is 0.0844. The molecule has 0 aliphatic rings. The molecular formula is C12H17ClO3. The van der Waals surface area contributed by atoms with Gasteiger partial charge in [0.05, 0.1) is 25.3 Å². The lowest BCUT2D eigenvalue weighted by molar-refractivity contribution is 0.193. The summed E-state index contributed by atoms with van der Waals surface area (Å²) in [5.41, 5.74) is 1.92. The molecule has 0 bridgehead atoms. The van der Waals surface area contributed by atoms with Crippen molar-refractivity contribution in [3.05, 3.63) is 22.2 Å². The summed E-state index contributed by atoms with van der Waals surface area (Å²) >= 11 is 6.05. The van der Waals surface area contributed by atoms with Crippen LogP contribution >= 0.6 is 11.6 Å². The molecule has 4 heteroatoms. The highest BCUT2D eigenvalue weighted by Gasteiger charge is 2.17. The van der Waals surface area contributed by atoms with Crippen molar-refractivity contribution < 1.29 is 14.6 Å². The second-order valence-corrected chi connectivity index (χ2v) is 4.18. The fraction of sp³-hybridized carbons (Fsp3) is 0.500. The van der Waals surface area contributed by atoms with Gasteiger partial charge in [-0.05, 0) is 25.5 Å². The van der Waals surface area contributed by atoms with Crippen LogP contribution in [0.1, 0.15) is 18.1 Å². The van der Waals surface area contributed by atoms with Gasteiger partial charge in [-0.3, -0.25) is 0 Å². The van der Waals surface area contributed by atoms with Gasteiger partial charge in [0.1, 0.15) is 0 Å². The van der Waals surface area contributed by atoms with Gasteiger partial charge in [-0.1, -0.05) is 11.6 Å². The summed E-state index contributed by atoms with van der Waals surface area (Å²) in [5.74, 6) is 1.12. The minimum Gasteiger partial charge on any atom is -0.493 e. The summed E-state index contributed by atoms with van der Waals surface area (Å²) in [6, 6.07) is 1.82. The Balaban J connectivity index is 3.34. The van der Waals surface area contributed by atoms with Gasteiger partial charge in [0.15, 0.2) is 11.5 Å². The fourth-order valence-corrected chi connectivity index (χ4v) is 2.05. The first kappa shape index (κ1) is 13.1. The van der Waals surface area contributed by atoms with Gasteiger partial charge in [0, 0.05) is 12.0 Å². The maximum absolute atomic E-state index is 9.45. The van der Waals surface area contributed by atoms with Gasteiger partial charge >= 0.3 is 0 Å². The minimum atomic E-state index is -0.432. The van der Waals surface area contributed by atoms with Crippen LogP contribution < -0.4 is 9.47 Å². The van der Waals surface area contributed by atoms with E-state index in [4.69, 9.17) is 21.1 Å². The van der Waals surface area contributed by atoms with Crippen molar-refractivity contribution in [3.63, 3.8) is 0 Å². The summed E-state index contributed by atoms with van der Waals surface area (Å²) < 4.78 is 10.5. The molecule has 0 radical (unpaired) electrons. The lowest BCUT2D eigenvalue weighted by Gasteiger charge is -2.17. The molecule has 1 aromatic rings. The third-order valence-corrected chi connectivity index (χ3v) is 2.71. The predicted molar refractivity (Wildman–Crippen MR) is 64.7 cm³/mol. The Kier molecular flexibility index (Phi) is 4.44. The Morgan fingerprint density at radius 1 is 1.31 bits per heavy atom. The van der Waals surface area contributed by atoms with E-state index in [9.17, 15) is 5.11 Å². The summed E-state index contributed by atoms with van der Waals surface area (Å²) in [4.78, 5) is 0. The predicted octanol–water partition coefficient (Wildman–Crippen LogP) is 2.59. The highest BCUT2D eigenvalue weighted by molar-refractivity contribution is 6.32. The Hall–Kier alpha value is -0.930. The quantitative estimate of drug-likeness (QED) is 0.885. The van der Waals surface area contributed by atoms with Crippen LogP contribution in [0.15, 0.2) is 6.07 Å². The van der Waals surface area contributed by atoms with Crippen LogP contribution in [0.2, 0.25) is 5.02 Å². The van der Waals surface area contributed by atoms with Gasteiger partial charge in [0.25, 0.3) is 0 Å². The molecule has 0 aliphatic heterocycles. The average molecular weight is 245 g/mol. The average Bonchev–Trinajstić information content (AvgIpc) is 2.20. The third kappa shape index (κ3) is 2.60. The highest BCUT2D eigenvalue weighted by atomic mass is 35.5. The maximum Gasteiger partial charge on any atom is 0.179 e. The standard InChI is InChI=1S/C12H17ClO3/c1-7-5-10(13)12(16-4)11(15-3)9(7)6-8(2)14/h5,8,14H,6H2,1-4H3. The first-order chi connectivity index (χ1) is 7.51. The van der Waals surface area contributed by atoms with Crippen molar-refractivity contribution in [1.29, 1.82) is 0 Å². The van der Waals surface area contributed by atoms with Crippen molar-refractivity contribution in [2.24, 2.45) is 0 Å². The monoisotopic (exact) mass is 244 g/mol. The number of aliphatic hydroxyl groups is 1. The molecular weight excluding hydrogens is 228 g/mol. The van der Waals surface area contributed by atoms with Gasteiger partial charge in [-0.2, -0.15) is 0 Å². The molecule has 16 heavy (non-hydrogen) atoms. The van der Waals surface area contributed by atoms with Crippen molar-refractivity contribution in [1.82, 2.24) is 0 Å². The topological polar surface area (TPSA) is 38.7 Å². The molecule has 0 aliphatic carbocycles. The van der Waals surface area contributed by atoms with Crippen LogP contribution in [-0.2, 0) is 6.42 Å². The van der Waals surface area contributed by atoms with E-state index < -0.39 is 6.10 Å². The first-order valence-electron chi connectivity index (χ1n) is 5.09. The Bertz CT molecular complexity index is 375.